The van der Waals surface area contributed by atoms with E-state index in [0.29, 0.717) is 36.2 Å². The molecule has 4 rings (SSSR count). The molecule has 0 spiro atoms. The van der Waals surface area contributed by atoms with Crippen molar-refractivity contribution in [1.82, 2.24) is 19.7 Å². The maximum absolute atomic E-state index is 13.2. The number of aromatic nitrogens is 1. The molecule has 0 atom stereocenters. The van der Waals surface area contributed by atoms with Crippen LogP contribution in [0, 0.1) is 0 Å². The topological polar surface area (TPSA) is 106 Å². The van der Waals surface area contributed by atoms with Crippen molar-refractivity contribution in [3.05, 3.63) is 51.7 Å². The number of carbonyl (C=O) groups excluding carboxylic acids is 1. The van der Waals surface area contributed by atoms with E-state index in [1.807, 2.05) is 31.1 Å². The Morgan fingerprint density at radius 2 is 1.85 bits per heavy atom. The smallest absolute Gasteiger partial charge is 0.286 e. The van der Waals surface area contributed by atoms with E-state index in [1.54, 1.807) is 28.9 Å². The molecule has 176 valence electrons. The third-order valence-corrected chi connectivity index (χ3v) is 9.21. The highest BCUT2D eigenvalue weighted by Crippen LogP contribution is 2.31. The van der Waals surface area contributed by atoms with E-state index in [0.717, 1.165) is 29.0 Å². The van der Waals surface area contributed by atoms with Gasteiger partial charge >= 0.3 is 0 Å². The number of carbonyl (C=O) groups is 1. The number of hydrogen-bond donors (Lipinski definition) is 2. The maximum Gasteiger partial charge on any atom is 0.286 e. The number of hydrogen-bond acceptors (Lipinski definition) is 9. The summed E-state index contributed by atoms with van der Waals surface area (Å²) >= 11 is 2.85. The van der Waals surface area contributed by atoms with E-state index < -0.39 is 15.9 Å². The first-order valence-electron chi connectivity index (χ1n) is 10.3. The summed E-state index contributed by atoms with van der Waals surface area (Å²) < 4.78 is 27.8. The Morgan fingerprint density at radius 1 is 1.15 bits per heavy atom. The van der Waals surface area contributed by atoms with Crippen molar-refractivity contribution in [3.8, 4) is 11.1 Å². The second-order valence-electron chi connectivity index (χ2n) is 7.86. The van der Waals surface area contributed by atoms with Gasteiger partial charge in [0.15, 0.2) is 5.13 Å². The van der Waals surface area contributed by atoms with Crippen molar-refractivity contribution in [1.29, 1.82) is 0 Å². The Morgan fingerprint density at radius 3 is 2.48 bits per heavy atom. The molecule has 1 amide bonds. The van der Waals surface area contributed by atoms with Crippen LogP contribution in [0.4, 0.5) is 5.13 Å². The van der Waals surface area contributed by atoms with Gasteiger partial charge in [-0.1, -0.05) is 23.5 Å². The minimum absolute atomic E-state index is 0.278. The molecule has 3 aromatic rings. The molecule has 1 aromatic carbocycles. The van der Waals surface area contributed by atoms with Gasteiger partial charge in [0.1, 0.15) is 4.88 Å². The first kappa shape index (κ1) is 23.8. The number of nitrogens with zero attached hydrogens (tertiary/aromatic N) is 4. The number of nitrogens with one attached hydrogen (secondary N) is 1. The van der Waals surface area contributed by atoms with Gasteiger partial charge in [-0.25, -0.2) is 18.9 Å². The third-order valence-electron chi connectivity index (χ3n) is 5.34. The van der Waals surface area contributed by atoms with Crippen LogP contribution in [0.2, 0.25) is 0 Å². The van der Waals surface area contributed by atoms with Crippen LogP contribution >= 0.6 is 22.7 Å². The molecule has 33 heavy (non-hydrogen) atoms. The largest absolute Gasteiger partial charge is 0.345 e. The lowest BCUT2D eigenvalue weighted by Gasteiger charge is -2.33. The van der Waals surface area contributed by atoms with E-state index in [2.05, 4.69) is 21.3 Å². The van der Waals surface area contributed by atoms with Gasteiger partial charge in [-0.05, 0) is 48.8 Å². The molecule has 2 N–H and O–H groups in total. The Labute approximate surface area is 200 Å². The molecule has 1 fully saturated rings. The lowest BCUT2D eigenvalue weighted by Crippen LogP contribution is -2.48. The van der Waals surface area contributed by atoms with Crippen molar-refractivity contribution in [2.75, 3.05) is 45.2 Å². The number of hydroxylamine groups is 1. The second-order valence-corrected chi connectivity index (χ2v) is 11.8. The Hall–Kier alpha value is -2.35. The summed E-state index contributed by atoms with van der Waals surface area (Å²) in [6.07, 6.45) is 1.40. The maximum atomic E-state index is 13.2. The molecule has 1 aliphatic heterocycles. The number of anilines is 1. The first-order chi connectivity index (χ1) is 15.8. The summed E-state index contributed by atoms with van der Waals surface area (Å²) in [7, 11) is 0.444. The van der Waals surface area contributed by atoms with E-state index in [-0.39, 0.29) is 4.90 Å². The SMILES string of the molecule is CN(C)Cc1sccc1-c1ccc(S(=O)(=O)N2CCN(c3ncc(C(=O)NO)s3)CC2)cc1. The molecule has 2 aromatic heterocycles. The number of thiazole rings is 1. The average Bonchev–Trinajstić information content (AvgIpc) is 3.48. The van der Waals surface area contributed by atoms with Gasteiger partial charge in [-0.15, -0.1) is 11.3 Å². The molecule has 0 aliphatic carbocycles. The molecule has 0 unspecified atom stereocenters. The van der Waals surface area contributed by atoms with Crippen molar-refractivity contribution >= 4 is 43.7 Å². The van der Waals surface area contributed by atoms with Crippen molar-refractivity contribution < 1.29 is 18.4 Å². The molecule has 0 bridgehead atoms. The summed E-state index contributed by atoms with van der Waals surface area (Å²) in [5.41, 5.74) is 3.72. The zero-order chi connectivity index (χ0) is 23.6. The zero-order valence-corrected chi connectivity index (χ0v) is 20.7. The quantitative estimate of drug-likeness (QED) is 0.374. The molecule has 1 aliphatic rings. The summed E-state index contributed by atoms with van der Waals surface area (Å²) in [6.45, 7) is 2.41. The fraction of sp³-hybridized carbons (Fsp3) is 0.333. The minimum Gasteiger partial charge on any atom is -0.345 e. The van der Waals surface area contributed by atoms with Crippen LogP contribution in [0.25, 0.3) is 11.1 Å². The standard InChI is InChI=1S/C21H25N5O4S3/c1-24(2)14-19-17(7-12-31-19)15-3-5-16(6-4-15)33(29,30)26-10-8-25(9-11-26)21-22-13-18(32-21)20(27)23-28/h3-7,12-13,28H,8-11,14H2,1-2H3,(H,23,27). The fourth-order valence-corrected chi connectivity index (χ4v) is 6.95. The summed E-state index contributed by atoms with van der Waals surface area (Å²) in [4.78, 5) is 21.6. The van der Waals surface area contributed by atoms with Gasteiger partial charge < -0.3 is 9.80 Å². The van der Waals surface area contributed by atoms with Gasteiger partial charge in [0.2, 0.25) is 10.0 Å². The number of sulfonamides is 1. The second kappa shape index (κ2) is 9.87. The molecule has 0 saturated carbocycles. The normalized spacial score (nSPS) is 15.2. The number of rotatable bonds is 7. The monoisotopic (exact) mass is 507 g/mol. The van der Waals surface area contributed by atoms with Crippen LogP contribution in [-0.2, 0) is 16.6 Å². The van der Waals surface area contributed by atoms with Gasteiger partial charge in [-0.3, -0.25) is 10.0 Å². The summed E-state index contributed by atoms with van der Waals surface area (Å²) in [6, 6.07) is 9.16. The molecular weight excluding hydrogens is 482 g/mol. The fourth-order valence-electron chi connectivity index (χ4n) is 3.65. The predicted octanol–water partition coefficient (Wildman–Crippen LogP) is 2.56. The van der Waals surface area contributed by atoms with Crippen LogP contribution in [0.15, 0.2) is 46.8 Å². The van der Waals surface area contributed by atoms with Gasteiger partial charge in [0.25, 0.3) is 5.91 Å². The van der Waals surface area contributed by atoms with Crippen molar-refractivity contribution in [2.24, 2.45) is 0 Å². The van der Waals surface area contributed by atoms with Gasteiger partial charge in [0.05, 0.1) is 11.1 Å². The zero-order valence-electron chi connectivity index (χ0n) is 18.3. The first-order valence-corrected chi connectivity index (χ1v) is 13.4. The van der Waals surface area contributed by atoms with Crippen molar-refractivity contribution in [2.45, 2.75) is 11.4 Å². The lowest BCUT2D eigenvalue weighted by atomic mass is 10.1. The molecule has 9 nitrogen and oxygen atoms in total. The molecule has 0 radical (unpaired) electrons. The van der Waals surface area contributed by atoms with Crippen LogP contribution in [0.3, 0.4) is 0 Å². The number of amides is 1. The highest BCUT2D eigenvalue weighted by Gasteiger charge is 2.29. The average molecular weight is 508 g/mol. The number of thiophene rings is 1. The summed E-state index contributed by atoms with van der Waals surface area (Å²) in [5.74, 6) is -0.611. The van der Waals surface area contributed by atoms with E-state index in [4.69, 9.17) is 5.21 Å². The van der Waals surface area contributed by atoms with E-state index in [1.165, 1.54) is 15.4 Å². The highest BCUT2D eigenvalue weighted by atomic mass is 32.2. The number of piperazine rings is 1. The molecule has 1 saturated heterocycles. The van der Waals surface area contributed by atoms with Crippen molar-refractivity contribution in [3.63, 3.8) is 0 Å². The lowest BCUT2D eigenvalue weighted by molar-refractivity contribution is 0.0710. The predicted molar refractivity (Wildman–Crippen MR) is 129 cm³/mol. The Balaban J connectivity index is 1.43. The Bertz CT molecular complexity index is 1210. The van der Waals surface area contributed by atoms with E-state index >= 15 is 0 Å². The molecule has 12 heteroatoms. The Kier molecular flexibility index (Phi) is 7.12. The molecular formula is C21H25N5O4S3. The highest BCUT2D eigenvalue weighted by molar-refractivity contribution is 7.89. The molecule has 3 heterocycles. The van der Waals surface area contributed by atoms with E-state index in [9.17, 15) is 13.2 Å². The number of benzene rings is 1. The van der Waals surface area contributed by atoms with Gasteiger partial charge in [0, 0.05) is 37.6 Å². The minimum atomic E-state index is -3.61. The summed E-state index contributed by atoms with van der Waals surface area (Å²) in [5, 5.41) is 11.4. The van der Waals surface area contributed by atoms with Gasteiger partial charge in [-0.2, -0.15) is 4.31 Å². The van der Waals surface area contributed by atoms with Crippen LogP contribution < -0.4 is 10.4 Å². The van der Waals surface area contributed by atoms with Crippen LogP contribution in [-0.4, -0.2) is 74.0 Å². The third kappa shape index (κ3) is 5.10. The van der Waals surface area contributed by atoms with Crippen LogP contribution in [0.5, 0.6) is 0 Å². The van der Waals surface area contributed by atoms with Crippen LogP contribution in [0.1, 0.15) is 14.5 Å².